The standard InChI is InChI=1S/C11H15NO3/c1-2-11(12-14)9-3-5-10(6-4-9)15-8-7-13/h3-6,13-14H,2,7-8H2,1H3/b12-11+. The first-order chi connectivity index (χ1) is 7.31. The zero-order valence-corrected chi connectivity index (χ0v) is 8.68. The summed E-state index contributed by atoms with van der Waals surface area (Å²) in [6.07, 6.45) is 0.674. The predicted molar refractivity (Wildman–Crippen MR) is 57.6 cm³/mol. The second-order valence-corrected chi connectivity index (χ2v) is 3.00. The van der Waals surface area contributed by atoms with Crippen molar-refractivity contribution in [3.63, 3.8) is 0 Å². The molecule has 82 valence electrons. The van der Waals surface area contributed by atoms with Crippen LogP contribution in [0.1, 0.15) is 18.9 Å². The van der Waals surface area contributed by atoms with Crippen LogP contribution in [0.5, 0.6) is 5.75 Å². The third-order valence-electron chi connectivity index (χ3n) is 2.00. The summed E-state index contributed by atoms with van der Waals surface area (Å²) in [5, 5.41) is 20.5. The summed E-state index contributed by atoms with van der Waals surface area (Å²) in [6, 6.07) is 7.22. The summed E-state index contributed by atoms with van der Waals surface area (Å²) in [4.78, 5) is 0. The molecule has 0 aliphatic carbocycles. The number of aliphatic hydroxyl groups excluding tert-OH is 1. The molecule has 0 amide bonds. The zero-order chi connectivity index (χ0) is 11.1. The molecule has 1 rings (SSSR count). The van der Waals surface area contributed by atoms with Gasteiger partial charge in [-0.2, -0.15) is 0 Å². The highest BCUT2D eigenvalue weighted by Crippen LogP contribution is 2.13. The molecule has 15 heavy (non-hydrogen) atoms. The van der Waals surface area contributed by atoms with Crippen LogP contribution in [0.2, 0.25) is 0 Å². The smallest absolute Gasteiger partial charge is 0.119 e. The van der Waals surface area contributed by atoms with Crippen molar-refractivity contribution in [1.29, 1.82) is 0 Å². The molecular formula is C11H15NO3. The van der Waals surface area contributed by atoms with Crippen LogP contribution in [0.4, 0.5) is 0 Å². The molecule has 0 aliphatic heterocycles. The van der Waals surface area contributed by atoms with Crippen LogP contribution in [-0.2, 0) is 0 Å². The van der Waals surface area contributed by atoms with Gasteiger partial charge in [-0.05, 0) is 36.2 Å². The number of oxime groups is 1. The van der Waals surface area contributed by atoms with Gasteiger partial charge < -0.3 is 15.1 Å². The fourth-order valence-electron chi connectivity index (χ4n) is 1.24. The van der Waals surface area contributed by atoms with E-state index in [0.717, 1.165) is 5.56 Å². The quantitative estimate of drug-likeness (QED) is 0.440. The molecule has 0 aliphatic rings. The van der Waals surface area contributed by atoms with Crippen molar-refractivity contribution in [2.75, 3.05) is 13.2 Å². The monoisotopic (exact) mass is 209 g/mol. The summed E-state index contributed by atoms with van der Waals surface area (Å²) in [5.41, 5.74) is 1.51. The van der Waals surface area contributed by atoms with Gasteiger partial charge >= 0.3 is 0 Å². The number of hydrogen-bond donors (Lipinski definition) is 2. The molecule has 0 atom stereocenters. The van der Waals surface area contributed by atoms with E-state index in [0.29, 0.717) is 17.9 Å². The van der Waals surface area contributed by atoms with Gasteiger partial charge in [0.2, 0.25) is 0 Å². The van der Waals surface area contributed by atoms with Crippen LogP contribution >= 0.6 is 0 Å². The van der Waals surface area contributed by atoms with Crippen molar-refractivity contribution in [3.8, 4) is 5.75 Å². The average Bonchev–Trinajstić information content (AvgIpc) is 2.29. The largest absolute Gasteiger partial charge is 0.491 e. The van der Waals surface area contributed by atoms with E-state index in [2.05, 4.69) is 5.16 Å². The maximum atomic E-state index is 8.71. The molecule has 0 bridgehead atoms. The highest BCUT2D eigenvalue weighted by atomic mass is 16.5. The summed E-state index contributed by atoms with van der Waals surface area (Å²) >= 11 is 0. The van der Waals surface area contributed by atoms with Crippen LogP contribution in [0.25, 0.3) is 0 Å². The Morgan fingerprint density at radius 3 is 2.47 bits per heavy atom. The highest BCUT2D eigenvalue weighted by Gasteiger charge is 2.01. The van der Waals surface area contributed by atoms with Gasteiger partial charge in [-0.3, -0.25) is 0 Å². The minimum atomic E-state index is 0.0000593. The maximum Gasteiger partial charge on any atom is 0.119 e. The molecule has 0 spiro atoms. The first-order valence-electron chi connectivity index (χ1n) is 4.86. The molecular weight excluding hydrogens is 194 g/mol. The topological polar surface area (TPSA) is 62.1 Å². The Balaban J connectivity index is 2.71. The van der Waals surface area contributed by atoms with E-state index in [1.807, 2.05) is 19.1 Å². The second kappa shape index (κ2) is 6.03. The van der Waals surface area contributed by atoms with E-state index in [1.54, 1.807) is 12.1 Å². The normalized spacial score (nSPS) is 11.5. The summed E-state index contributed by atoms with van der Waals surface area (Å²) in [7, 11) is 0. The lowest BCUT2D eigenvalue weighted by molar-refractivity contribution is 0.201. The Morgan fingerprint density at radius 2 is 2.00 bits per heavy atom. The fourth-order valence-corrected chi connectivity index (χ4v) is 1.24. The van der Waals surface area contributed by atoms with E-state index >= 15 is 0 Å². The lowest BCUT2D eigenvalue weighted by Gasteiger charge is -2.05. The Labute approximate surface area is 88.8 Å². The van der Waals surface area contributed by atoms with Crippen LogP contribution in [0, 0.1) is 0 Å². The molecule has 4 heteroatoms. The number of benzene rings is 1. The highest BCUT2D eigenvalue weighted by molar-refractivity contribution is 6.00. The number of rotatable bonds is 5. The second-order valence-electron chi connectivity index (χ2n) is 3.00. The predicted octanol–water partition coefficient (Wildman–Crippen LogP) is 1.65. The SMILES string of the molecule is CC/C(=N\O)c1ccc(OCCO)cc1. The van der Waals surface area contributed by atoms with Crippen LogP contribution in [-0.4, -0.2) is 29.2 Å². The van der Waals surface area contributed by atoms with Crippen molar-refractivity contribution >= 4 is 5.71 Å². The average molecular weight is 209 g/mol. The van der Waals surface area contributed by atoms with Crippen LogP contribution < -0.4 is 4.74 Å². The van der Waals surface area contributed by atoms with E-state index in [9.17, 15) is 0 Å². The van der Waals surface area contributed by atoms with Gasteiger partial charge in [0.25, 0.3) is 0 Å². The summed E-state index contributed by atoms with van der Waals surface area (Å²) in [5.74, 6) is 0.696. The lowest BCUT2D eigenvalue weighted by atomic mass is 10.1. The van der Waals surface area contributed by atoms with Crippen LogP contribution in [0.3, 0.4) is 0 Å². The number of aliphatic hydroxyl groups is 1. The molecule has 0 saturated carbocycles. The van der Waals surface area contributed by atoms with Gasteiger partial charge in [-0.15, -0.1) is 0 Å². The minimum Gasteiger partial charge on any atom is -0.491 e. The molecule has 0 aromatic heterocycles. The molecule has 0 unspecified atom stereocenters. The van der Waals surface area contributed by atoms with E-state index in [4.69, 9.17) is 15.1 Å². The Morgan fingerprint density at radius 1 is 1.33 bits per heavy atom. The third kappa shape index (κ3) is 3.25. The van der Waals surface area contributed by atoms with Gasteiger partial charge in [-0.1, -0.05) is 12.1 Å². The summed E-state index contributed by atoms with van der Waals surface area (Å²) in [6.45, 7) is 2.21. The Kier molecular flexibility index (Phi) is 4.63. The fraction of sp³-hybridized carbons (Fsp3) is 0.364. The van der Waals surface area contributed by atoms with Gasteiger partial charge in [-0.25, -0.2) is 0 Å². The first kappa shape index (κ1) is 11.5. The van der Waals surface area contributed by atoms with E-state index in [1.165, 1.54) is 0 Å². The van der Waals surface area contributed by atoms with Crippen molar-refractivity contribution in [3.05, 3.63) is 29.8 Å². The van der Waals surface area contributed by atoms with Crippen molar-refractivity contribution in [2.45, 2.75) is 13.3 Å². The van der Waals surface area contributed by atoms with Gasteiger partial charge in [0.1, 0.15) is 12.4 Å². The Bertz CT molecular complexity index is 319. The van der Waals surface area contributed by atoms with Gasteiger partial charge in [0.15, 0.2) is 0 Å². The van der Waals surface area contributed by atoms with Crippen LogP contribution in [0.15, 0.2) is 29.4 Å². The molecule has 0 saturated heterocycles. The van der Waals surface area contributed by atoms with E-state index < -0.39 is 0 Å². The molecule has 0 radical (unpaired) electrons. The van der Waals surface area contributed by atoms with Gasteiger partial charge in [0, 0.05) is 0 Å². The number of nitrogens with zero attached hydrogens (tertiary/aromatic N) is 1. The van der Waals surface area contributed by atoms with Crippen molar-refractivity contribution in [2.24, 2.45) is 5.16 Å². The zero-order valence-electron chi connectivity index (χ0n) is 8.68. The van der Waals surface area contributed by atoms with Gasteiger partial charge in [0.05, 0.1) is 12.3 Å². The van der Waals surface area contributed by atoms with E-state index in [-0.39, 0.29) is 13.2 Å². The molecule has 4 nitrogen and oxygen atoms in total. The molecule has 1 aromatic rings. The third-order valence-corrected chi connectivity index (χ3v) is 2.00. The number of ether oxygens (including phenoxy) is 1. The first-order valence-corrected chi connectivity index (χ1v) is 4.86. The number of hydrogen-bond acceptors (Lipinski definition) is 4. The maximum absolute atomic E-state index is 8.71. The molecule has 0 fully saturated rings. The minimum absolute atomic E-state index is 0.0000593. The Hall–Kier alpha value is -1.55. The molecule has 1 aromatic carbocycles. The molecule has 0 heterocycles. The van der Waals surface area contributed by atoms with Crippen molar-refractivity contribution in [1.82, 2.24) is 0 Å². The van der Waals surface area contributed by atoms with Crippen molar-refractivity contribution < 1.29 is 15.1 Å². The molecule has 2 N–H and O–H groups in total. The lowest BCUT2D eigenvalue weighted by Crippen LogP contribution is -2.02. The summed E-state index contributed by atoms with van der Waals surface area (Å²) < 4.78 is 5.20.